The third-order valence-electron chi connectivity index (χ3n) is 3.14. The highest BCUT2D eigenvalue weighted by Gasteiger charge is 2.04. The summed E-state index contributed by atoms with van der Waals surface area (Å²) in [4.78, 5) is 12.6. The minimum Gasteiger partial charge on any atom is -0.399 e. The highest BCUT2D eigenvalue weighted by molar-refractivity contribution is 5.70. The van der Waals surface area contributed by atoms with Crippen LogP contribution in [0, 0.1) is 6.92 Å². The van der Waals surface area contributed by atoms with Gasteiger partial charge in [0.1, 0.15) is 5.52 Å². The van der Waals surface area contributed by atoms with E-state index >= 15 is 0 Å². The molecular weight excluding hydrogens is 292 g/mol. The van der Waals surface area contributed by atoms with Gasteiger partial charge in [-0.1, -0.05) is 12.1 Å². The largest absolute Gasteiger partial charge is 0.399 e. The summed E-state index contributed by atoms with van der Waals surface area (Å²) in [5.41, 5.74) is 9.11. The number of rotatable bonds is 4. The number of benzene rings is 1. The van der Waals surface area contributed by atoms with Crippen molar-refractivity contribution in [3.05, 3.63) is 42.4 Å². The normalized spacial score (nSPS) is 10.2. The Balaban J connectivity index is 0.000000203. The Morgan fingerprint density at radius 2 is 2.13 bits per heavy atom. The van der Waals surface area contributed by atoms with Gasteiger partial charge >= 0.3 is 0 Å². The van der Waals surface area contributed by atoms with Crippen molar-refractivity contribution in [2.45, 2.75) is 20.4 Å². The van der Waals surface area contributed by atoms with E-state index in [0.717, 1.165) is 23.4 Å². The fourth-order valence-electron chi connectivity index (χ4n) is 2.01. The van der Waals surface area contributed by atoms with Crippen molar-refractivity contribution in [2.24, 2.45) is 0 Å². The maximum atomic E-state index is 8.67. The zero-order valence-corrected chi connectivity index (χ0v) is 13.4. The number of imidazole rings is 1. The van der Waals surface area contributed by atoms with Gasteiger partial charge in [-0.15, -0.1) is 0 Å². The first kappa shape index (κ1) is 16.7. The lowest BCUT2D eigenvalue weighted by molar-refractivity contribution is 0.311. The molecule has 7 nitrogen and oxygen atoms in total. The Bertz CT molecular complexity index is 738. The van der Waals surface area contributed by atoms with E-state index in [-0.39, 0.29) is 6.61 Å². The topological polar surface area (TPSA) is 102 Å². The van der Waals surface area contributed by atoms with Crippen LogP contribution in [0.1, 0.15) is 12.5 Å². The third kappa shape index (κ3) is 4.65. The summed E-state index contributed by atoms with van der Waals surface area (Å²) in [6.45, 7) is 5.40. The van der Waals surface area contributed by atoms with Gasteiger partial charge in [0.2, 0.25) is 5.95 Å². The van der Waals surface area contributed by atoms with Gasteiger partial charge in [0.15, 0.2) is 5.65 Å². The van der Waals surface area contributed by atoms with Crippen LogP contribution in [-0.2, 0) is 6.54 Å². The molecule has 0 fully saturated rings. The van der Waals surface area contributed by atoms with E-state index < -0.39 is 0 Å². The molecule has 0 unspecified atom stereocenters. The number of nitrogens with zero attached hydrogens (tertiary/aromatic N) is 4. The summed E-state index contributed by atoms with van der Waals surface area (Å²) < 4.78 is 1.95. The number of nitrogens with one attached hydrogen (secondary N) is 1. The molecule has 0 aliphatic heterocycles. The molecule has 3 rings (SSSR count). The highest BCUT2D eigenvalue weighted by Crippen LogP contribution is 2.10. The molecule has 0 atom stereocenters. The maximum absolute atomic E-state index is 8.67. The van der Waals surface area contributed by atoms with Crippen LogP contribution < -0.4 is 11.1 Å². The molecule has 0 saturated heterocycles. The van der Waals surface area contributed by atoms with Gasteiger partial charge in [-0.2, -0.15) is 4.98 Å². The van der Waals surface area contributed by atoms with Gasteiger partial charge in [0.25, 0.3) is 0 Å². The number of nitrogen functional groups attached to an aromatic ring is 1. The molecule has 0 amide bonds. The Morgan fingerprint density at radius 1 is 1.30 bits per heavy atom. The maximum Gasteiger partial charge on any atom is 0.224 e. The molecule has 0 saturated carbocycles. The first-order chi connectivity index (χ1) is 11.1. The van der Waals surface area contributed by atoms with E-state index in [1.165, 1.54) is 5.56 Å². The molecule has 2 heterocycles. The smallest absolute Gasteiger partial charge is 0.224 e. The predicted octanol–water partition coefficient (Wildman–Crippen LogP) is 1.83. The minimum atomic E-state index is 0.0639. The molecule has 0 spiro atoms. The minimum absolute atomic E-state index is 0.0639. The lowest BCUT2D eigenvalue weighted by Crippen LogP contribution is -2.09. The molecule has 1 aromatic carbocycles. The first-order valence-corrected chi connectivity index (χ1v) is 7.48. The molecule has 0 radical (unpaired) electrons. The molecule has 4 N–H and O–H groups in total. The summed E-state index contributed by atoms with van der Waals surface area (Å²) in [5, 5.41) is 11.6. The SMILES string of the molecule is CCn1cnc2cnc(NCCO)nc21.Cc1cccc(N)c1. The predicted molar refractivity (Wildman–Crippen MR) is 92.2 cm³/mol. The van der Waals surface area contributed by atoms with Crippen LogP contribution in [0.5, 0.6) is 0 Å². The van der Waals surface area contributed by atoms with Crippen LogP contribution in [0.25, 0.3) is 11.2 Å². The van der Waals surface area contributed by atoms with Gasteiger partial charge in [-0.05, 0) is 31.5 Å². The molecular formula is C16H22N6O. The number of fused-ring (bicyclic) bond motifs is 1. The standard InChI is InChI=1S/C9H13N5O.C7H9N/c1-2-14-6-12-7-5-11-9(10-3-4-15)13-8(7)14;1-6-3-2-4-7(8)5-6/h5-6,15H,2-4H2,1H3,(H,10,11,13);2-5H,8H2,1H3. The summed E-state index contributed by atoms with van der Waals surface area (Å²) in [7, 11) is 0. The monoisotopic (exact) mass is 314 g/mol. The van der Waals surface area contributed by atoms with Gasteiger partial charge in [-0.25, -0.2) is 9.97 Å². The van der Waals surface area contributed by atoms with E-state index in [4.69, 9.17) is 10.8 Å². The number of aliphatic hydroxyl groups is 1. The zero-order valence-electron chi connectivity index (χ0n) is 13.4. The summed E-state index contributed by atoms with van der Waals surface area (Å²) in [6.07, 6.45) is 3.42. The van der Waals surface area contributed by atoms with Gasteiger partial charge in [0, 0.05) is 18.8 Å². The lowest BCUT2D eigenvalue weighted by atomic mass is 10.2. The molecule has 0 aliphatic rings. The van der Waals surface area contributed by atoms with Gasteiger partial charge < -0.3 is 20.7 Å². The lowest BCUT2D eigenvalue weighted by Gasteiger charge is -2.02. The summed E-state index contributed by atoms with van der Waals surface area (Å²) in [6, 6.07) is 7.80. The van der Waals surface area contributed by atoms with Crippen molar-refractivity contribution in [2.75, 3.05) is 24.2 Å². The van der Waals surface area contributed by atoms with Crippen LogP contribution in [0.2, 0.25) is 0 Å². The molecule has 0 aliphatic carbocycles. The third-order valence-corrected chi connectivity index (χ3v) is 3.14. The Morgan fingerprint density at radius 3 is 2.74 bits per heavy atom. The number of anilines is 2. The number of aryl methyl sites for hydroxylation is 2. The number of hydrogen-bond donors (Lipinski definition) is 3. The van der Waals surface area contributed by atoms with Crippen molar-refractivity contribution in [3.63, 3.8) is 0 Å². The zero-order chi connectivity index (χ0) is 16.7. The van der Waals surface area contributed by atoms with Crippen molar-refractivity contribution in [1.82, 2.24) is 19.5 Å². The average Bonchev–Trinajstić information content (AvgIpc) is 2.95. The van der Waals surface area contributed by atoms with E-state index in [2.05, 4.69) is 20.3 Å². The van der Waals surface area contributed by atoms with Gasteiger partial charge in [-0.3, -0.25) is 0 Å². The van der Waals surface area contributed by atoms with Crippen LogP contribution in [0.4, 0.5) is 11.6 Å². The quantitative estimate of drug-likeness (QED) is 0.635. The molecule has 2 aromatic heterocycles. The van der Waals surface area contributed by atoms with Crippen LogP contribution >= 0.6 is 0 Å². The Kier molecular flexibility index (Phi) is 5.87. The second-order valence-corrected chi connectivity index (χ2v) is 5.00. The Hall–Kier alpha value is -2.67. The number of nitrogens with two attached hydrogens (primary N) is 1. The van der Waals surface area contributed by atoms with E-state index in [1.54, 1.807) is 12.5 Å². The fraction of sp³-hybridized carbons (Fsp3) is 0.312. The molecule has 0 bridgehead atoms. The number of hydrogen-bond acceptors (Lipinski definition) is 6. The van der Waals surface area contributed by atoms with Crippen LogP contribution in [0.15, 0.2) is 36.8 Å². The molecule has 122 valence electrons. The van der Waals surface area contributed by atoms with Gasteiger partial charge in [0.05, 0.1) is 19.1 Å². The fourth-order valence-corrected chi connectivity index (χ4v) is 2.01. The van der Waals surface area contributed by atoms with Crippen LogP contribution in [-0.4, -0.2) is 37.8 Å². The highest BCUT2D eigenvalue weighted by atomic mass is 16.3. The van der Waals surface area contributed by atoms with Crippen LogP contribution in [0.3, 0.4) is 0 Å². The number of aliphatic hydroxyl groups excluding tert-OH is 1. The number of aromatic nitrogens is 4. The second-order valence-electron chi connectivity index (χ2n) is 5.00. The van der Waals surface area contributed by atoms with Crippen molar-refractivity contribution >= 4 is 22.8 Å². The van der Waals surface area contributed by atoms with E-state index in [1.807, 2.05) is 42.7 Å². The molecule has 3 aromatic rings. The second kappa shape index (κ2) is 8.09. The van der Waals surface area contributed by atoms with E-state index in [0.29, 0.717) is 12.5 Å². The molecule has 23 heavy (non-hydrogen) atoms. The molecule has 7 heteroatoms. The summed E-state index contributed by atoms with van der Waals surface area (Å²) >= 11 is 0. The first-order valence-electron chi connectivity index (χ1n) is 7.48. The van der Waals surface area contributed by atoms with Crippen molar-refractivity contribution in [1.29, 1.82) is 0 Å². The van der Waals surface area contributed by atoms with E-state index in [9.17, 15) is 0 Å². The summed E-state index contributed by atoms with van der Waals surface area (Å²) in [5.74, 6) is 0.520. The van der Waals surface area contributed by atoms with Crippen molar-refractivity contribution in [3.8, 4) is 0 Å². The Labute approximate surface area is 135 Å². The average molecular weight is 314 g/mol. The van der Waals surface area contributed by atoms with Crippen molar-refractivity contribution < 1.29 is 5.11 Å².